The van der Waals surface area contributed by atoms with Crippen molar-refractivity contribution in [2.45, 2.75) is 0 Å². The zero-order valence-corrected chi connectivity index (χ0v) is 22.0. The summed E-state index contributed by atoms with van der Waals surface area (Å²) in [5.41, 5.74) is 9.97. The Labute approximate surface area is 236 Å². The lowest BCUT2D eigenvalue weighted by Gasteiger charge is -2.10. The Morgan fingerprint density at radius 1 is 0.512 bits per heavy atom. The molecule has 3 aromatic carbocycles. The van der Waals surface area contributed by atoms with E-state index in [4.69, 9.17) is 9.97 Å². The van der Waals surface area contributed by atoms with Crippen LogP contribution >= 0.6 is 0 Å². The number of rotatable bonds is 4. The molecular weight excluding hydrogens is 502 g/mol. The van der Waals surface area contributed by atoms with Crippen LogP contribution in [0.25, 0.3) is 72.4 Å². The fourth-order valence-electron chi connectivity index (χ4n) is 5.50. The molecule has 192 valence electrons. The summed E-state index contributed by atoms with van der Waals surface area (Å²) < 4.78 is 2.14. The molecule has 5 heteroatoms. The van der Waals surface area contributed by atoms with Crippen LogP contribution in [0, 0.1) is 0 Å². The average Bonchev–Trinajstić information content (AvgIpc) is 3.44. The van der Waals surface area contributed by atoms with Crippen LogP contribution in [-0.2, 0) is 0 Å². The van der Waals surface area contributed by atoms with Gasteiger partial charge in [0, 0.05) is 41.3 Å². The van der Waals surface area contributed by atoms with Gasteiger partial charge >= 0.3 is 0 Å². The third-order valence-corrected chi connectivity index (χ3v) is 7.53. The smallest absolute Gasteiger partial charge is 0.138 e. The summed E-state index contributed by atoms with van der Waals surface area (Å²) >= 11 is 0. The number of hydrogen-bond acceptors (Lipinski definition) is 4. The van der Waals surface area contributed by atoms with Crippen LogP contribution in [0.2, 0.25) is 0 Å². The number of imidazole rings is 1. The van der Waals surface area contributed by atoms with Gasteiger partial charge in [-0.05, 0) is 82.6 Å². The number of hydrogen-bond donors (Lipinski definition) is 0. The third-order valence-electron chi connectivity index (χ3n) is 7.53. The summed E-state index contributed by atoms with van der Waals surface area (Å²) in [6.07, 6.45) is 7.50. The van der Waals surface area contributed by atoms with E-state index in [2.05, 4.69) is 87.3 Å². The number of fused-ring (bicyclic) bond motifs is 3. The van der Waals surface area contributed by atoms with Gasteiger partial charge < -0.3 is 0 Å². The molecule has 0 aliphatic rings. The van der Waals surface area contributed by atoms with Crippen LogP contribution in [0.4, 0.5) is 0 Å². The van der Waals surface area contributed by atoms with Crippen LogP contribution in [0.1, 0.15) is 0 Å². The van der Waals surface area contributed by atoms with E-state index < -0.39 is 0 Å². The third kappa shape index (κ3) is 4.12. The first kappa shape index (κ1) is 23.2. The predicted molar refractivity (Wildman–Crippen MR) is 165 cm³/mol. The van der Waals surface area contributed by atoms with Gasteiger partial charge in [0.15, 0.2) is 0 Å². The normalized spacial score (nSPS) is 11.4. The lowest BCUT2D eigenvalue weighted by Crippen LogP contribution is -1.91. The zero-order valence-electron chi connectivity index (χ0n) is 22.0. The van der Waals surface area contributed by atoms with Crippen LogP contribution in [0.15, 0.2) is 140 Å². The molecule has 5 heterocycles. The predicted octanol–water partition coefficient (Wildman–Crippen LogP) is 8.49. The maximum Gasteiger partial charge on any atom is 0.138 e. The Kier molecular flexibility index (Phi) is 5.38. The van der Waals surface area contributed by atoms with Crippen molar-refractivity contribution in [3.63, 3.8) is 0 Å². The summed E-state index contributed by atoms with van der Waals surface area (Å²) in [5, 5.41) is 3.46. The molecule has 0 saturated carbocycles. The van der Waals surface area contributed by atoms with Crippen molar-refractivity contribution in [2.24, 2.45) is 0 Å². The molecule has 8 aromatic rings. The van der Waals surface area contributed by atoms with Crippen LogP contribution in [0.5, 0.6) is 0 Å². The molecule has 0 atom stereocenters. The Bertz CT molecular complexity index is 2200. The van der Waals surface area contributed by atoms with Crippen molar-refractivity contribution in [1.29, 1.82) is 0 Å². The van der Waals surface area contributed by atoms with Gasteiger partial charge in [-0.15, -0.1) is 0 Å². The zero-order chi connectivity index (χ0) is 27.2. The second-order valence-corrected chi connectivity index (χ2v) is 10.1. The molecule has 0 fully saturated rings. The summed E-state index contributed by atoms with van der Waals surface area (Å²) in [6, 6.07) is 39.9. The van der Waals surface area contributed by atoms with Crippen molar-refractivity contribution in [3.05, 3.63) is 140 Å². The molecule has 0 N–H and O–H groups in total. The van der Waals surface area contributed by atoms with E-state index >= 15 is 0 Å². The molecule has 0 aliphatic carbocycles. The summed E-state index contributed by atoms with van der Waals surface area (Å²) in [6.45, 7) is 0. The average molecular weight is 526 g/mol. The van der Waals surface area contributed by atoms with Gasteiger partial charge in [-0.2, -0.15) is 0 Å². The van der Waals surface area contributed by atoms with Gasteiger partial charge in [0.2, 0.25) is 0 Å². The molecule has 5 nitrogen and oxygen atoms in total. The molecule has 0 radical (unpaired) electrons. The van der Waals surface area contributed by atoms with E-state index in [-0.39, 0.29) is 0 Å². The molecule has 0 bridgehead atoms. The maximum atomic E-state index is 4.94. The van der Waals surface area contributed by atoms with Gasteiger partial charge in [-0.1, -0.05) is 54.6 Å². The van der Waals surface area contributed by atoms with Crippen LogP contribution in [0.3, 0.4) is 0 Å². The molecule has 0 amide bonds. The van der Waals surface area contributed by atoms with Crippen molar-refractivity contribution in [3.8, 4) is 45.0 Å². The van der Waals surface area contributed by atoms with Gasteiger partial charge in [-0.3, -0.25) is 14.4 Å². The van der Waals surface area contributed by atoms with Crippen molar-refractivity contribution in [2.75, 3.05) is 0 Å². The largest absolute Gasteiger partial charge is 0.299 e. The minimum absolute atomic E-state index is 0.859. The summed E-state index contributed by atoms with van der Waals surface area (Å²) in [4.78, 5) is 18.7. The van der Waals surface area contributed by atoms with Crippen LogP contribution < -0.4 is 0 Å². The topological polar surface area (TPSA) is 56.0 Å². The number of nitrogens with zero attached hydrogens (tertiary/aromatic N) is 5. The van der Waals surface area contributed by atoms with E-state index in [0.29, 0.717) is 0 Å². The minimum Gasteiger partial charge on any atom is -0.299 e. The molecule has 8 rings (SSSR count). The highest BCUT2D eigenvalue weighted by atomic mass is 15.0. The SMILES string of the molecule is c1ccc(-c2nc3ccccn3c2-c2ccc3cc(-c4ccc5ccc(-c6cccnc6)nc5c4)ccc3c2)nc1. The van der Waals surface area contributed by atoms with E-state index in [0.717, 1.165) is 61.6 Å². The highest BCUT2D eigenvalue weighted by Crippen LogP contribution is 2.35. The Hall–Kier alpha value is -5.68. The molecular formula is C36H23N5. The Morgan fingerprint density at radius 2 is 1.29 bits per heavy atom. The lowest BCUT2D eigenvalue weighted by molar-refractivity contribution is 1.19. The van der Waals surface area contributed by atoms with Gasteiger partial charge in [0.25, 0.3) is 0 Å². The quantitative estimate of drug-likeness (QED) is 0.231. The van der Waals surface area contributed by atoms with Gasteiger partial charge in [0.05, 0.1) is 22.6 Å². The monoisotopic (exact) mass is 525 g/mol. The first-order valence-electron chi connectivity index (χ1n) is 13.5. The lowest BCUT2D eigenvalue weighted by atomic mass is 9.97. The number of pyridine rings is 4. The second-order valence-electron chi connectivity index (χ2n) is 10.1. The fourth-order valence-corrected chi connectivity index (χ4v) is 5.50. The molecule has 0 saturated heterocycles. The summed E-state index contributed by atoms with van der Waals surface area (Å²) in [7, 11) is 0. The highest BCUT2D eigenvalue weighted by Gasteiger charge is 2.17. The maximum absolute atomic E-state index is 4.94. The van der Waals surface area contributed by atoms with Crippen molar-refractivity contribution >= 4 is 27.3 Å². The summed E-state index contributed by atoms with van der Waals surface area (Å²) in [5.74, 6) is 0. The molecule has 41 heavy (non-hydrogen) atoms. The van der Waals surface area contributed by atoms with E-state index in [1.54, 1.807) is 6.20 Å². The Morgan fingerprint density at radius 3 is 2.12 bits per heavy atom. The van der Waals surface area contributed by atoms with E-state index in [1.807, 2.05) is 60.9 Å². The molecule has 0 unspecified atom stereocenters. The molecule has 0 spiro atoms. The second kappa shape index (κ2) is 9.50. The minimum atomic E-state index is 0.859. The van der Waals surface area contributed by atoms with Gasteiger partial charge in [-0.25, -0.2) is 9.97 Å². The Balaban J connectivity index is 1.21. The first-order chi connectivity index (χ1) is 20.3. The first-order valence-corrected chi connectivity index (χ1v) is 13.5. The van der Waals surface area contributed by atoms with Crippen molar-refractivity contribution in [1.82, 2.24) is 24.3 Å². The van der Waals surface area contributed by atoms with E-state index in [9.17, 15) is 0 Å². The van der Waals surface area contributed by atoms with E-state index in [1.165, 1.54) is 10.8 Å². The molecule has 0 aliphatic heterocycles. The van der Waals surface area contributed by atoms with Crippen LogP contribution in [-0.4, -0.2) is 24.3 Å². The fraction of sp³-hybridized carbons (Fsp3) is 0. The highest BCUT2D eigenvalue weighted by molar-refractivity contribution is 5.94. The number of benzene rings is 3. The standard InChI is InChI=1S/C36H23N5/c1-3-18-38-32(7-1)35-36(41-19-4-2-8-34(41)40-35)29-14-13-25-20-26(11-12-27(25)21-29)28-10-9-24-15-16-31(39-33(24)22-28)30-6-5-17-37-23-30/h1-23H. The molecule has 5 aromatic heterocycles. The van der Waals surface area contributed by atoms with Crippen molar-refractivity contribution < 1.29 is 0 Å². The van der Waals surface area contributed by atoms with Gasteiger partial charge in [0.1, 0.15) is 11.3 Å². The number of aromatic nitrogens is 5.